The topological polar surface area (TPSA) is 61.2 Å². The van der Waals surface area contributed by atoms with Crippen molar-refractivity contribution in [1.82, 2.24) is 9.78 Å². The minimum Gasteiger partial charge on any atom is -0.480 e. The van der Waals surface area contributed by atoms with E-state index in [1.807, 2.05) is 0 Å². The first kappa shape index (κ1) is 11.4. The van der Waals surface area contributed by atoms with Crippen LogP contribution in [-0.2, 0) is 11.3 Å². The van der Waals surface area contributed by atoms with Crippen molar-refractivity contribution in [2.45, 2.75) is 26.3 Å². The summed E-state index contributed by atoms with van der Waals surface area (Å²) < 4.78 is 6.21. The summed E-state index contributed by atoms with van der Waals surface area (Å²) in [5.74, 6) is 0.517. The first-order valence-electron chi connectivity index (χ1n) is 4.75. The van der Waals surface area contributed by atoms with Gasteiger partial charge in [-0.15, -0.1) is 5.10 Å². The molecule has 1 rings (SSSR count). The maximum absolute atomic E-state index is 11.3. The Morgan fingerprint density at radius 1 is 1.53 bits per heavy atom. The summed E-state index contributed by atoms with van der Waals surface area (Å²) in [6.07, 6.45) is 1.08. The SMILES string of the molecule is COc1ccc(=O)n(CCCC(C)=O)n1. The standard InChI is InChI=1S/C10H14N2O3/c1-8(13)4-3-7-12-10(14)6-5-9(11-12)15-2/h5-6H,3-4,7H2,1-2H3. The summed E-state index contributed by atoms with van der Waals surface area (Å²) in [5, 5.41) is 3.96. The highest BCUT2D eigenvalue weighted by Gasteiger charge is 2.01. The molecule has 82 valence electrons. The number of Topliss-reactive ketones (excluding diaryl/α,β-unsaturated/α-hetero) is 1. The van der Waals surface area contributed by atoms with E-state index >= 15 is 0 Å². The van der Waals surface area contributed by atoms with Gasteiger partial charge in [-0.05, 0) is 13.3 Å². The zero-order valence-corrected chi connectivity index (χ0v) is 8.90. The summed E-state index contributed by atoms with van der Waals surface area (Å²) in [6, 6.07) is 2.92. The molecule has 5 heteroatoms. The molecule has 0 saturated carbocycles. The quantitative estimate of drug-likeness (QED) is 0.714. The third kappa shape index (κ3) is 3.53. The molecule has 0 aromatic carbocycles. The fourth-order valence-electron chi connectivity index (χ4n) is 1.18. The fourth-order valence-corrected chi connectivity index (χ4v) is 1.18. The van der Waals surface area contributed by atoms with E-state index in [-0.39, 0.29) is 11.3 Å². The van der Waals surface area contributed by atoms with Crippen molar-refractivity contribution in [1.29, 1.82) is 0 Å². The molecule has 0 radical (unpaired) electrons. The lowest BCUT2D eigenvalue weighted by Gasteiger charge is -2.04. The van der Waals surface area contributed by atoms with Gasteiger partial charge >= 0.3 is 0 Å². The Labute approximate surface area is 87.7 Å². The molecule has 0 aliphatic carbocycles. The highest BCUT2D eigenvalue weighted by Crippen LogP contribution is 2.00. The maximum Gasteiger partial charge on any atom is 0.266 e. The Bertz CT molecular complexity index is 398. The second-order valence-electron chi connectivity index (χ2n) is 3.24. The summed E-state index contributed by atoms with van der Waals surface area (Å²) in [7, 11) is 1.49. The molecule has 0 aliphatic rings. The van der Waals surface area contributed by atoms with Crippen LogP contribution in [0, 0.1) is 0 Å². The minimum absolute atomic E-state index is 0.117. The van der Waals surface area contributed by atoms with Crippen LogP contribution in [0.3, 0.4) is 0 Å². The Morgan fingerprint density at radius 2 is 2.27 bits per heavy atom. The lowest BCUT2D eigenvalue weighted by atomic mass is 10.2. The van der Waals surface area contributed by atoms with Gasteiger partial charge in [-0.3, -0.25) is 4.79 Å². The van der Waals surface area contributed by atoms with Crippen LogP contribution in [0.4, 0.5) is 0 Å². The average molecular weight is 210 g/mol. The smallest absolute Gasteiger partial charge is 0.266 e. The number of ketones is 1. The number of aromatic nitrogens is 2. The number of carbonyl (C=O) groups excluding carboxylic acids is 1. The third-order valence-corrected chi connectivity index (χ3v) is 1.95. The third-order valence-electron chi connectivity index (χ3n) is 1.95. The van der Waals surface area contributed by atoms with Gasteiger partial charge in [0.05, 0.1) is 7.11 Å². The number of hydrogen-bond donors (Lipinski definition) is 0. The maximum atomic E-state index is 11.3. The predicted octanol–water partition coefficient (Wildman–Crippen LogP) is 0.621. The summed E-state index contributed by atoms with van der Waals surface area (Å²) in [5.41, 5.74) is -0.181. The van der Waals surface area contributed by atoms with Crippen molar-refractivity contribution in [2.24, 2.45) is 0 Å². The van der Waals surface area contributed by atoms with Crippen LogP contribution in [0.25, 0.3) is 0 Å². The molecule has 1 aromatic rings. The van der Waals surface area contributed by atoms with Gasteiger partial charge in [0.2, 0.25) is 5.88 Å². The van der Waals surface area contributed by atoms with Crippen LogP contribution < -0.4 is 10.3 Å². The van der Waals surface area contributed by atoms with E-state index in [0.29, 0.717) is 25.3 Å². The summed E-state index contributed by atoms with van der Waals surface area (Å²) in [4.78, 5) is 22.0. The van der Waals surface area contributed by atoms with Crippen molar-refractivity contribution < 1.29 is 9.53 Å². The van der Waals surface area contributed by atoms with Crippen LogP contribution in [0.5, 0.6) is 5.88 Å². The molecule has 0 saturated heterocycles. The molecule has 15 heavy (non-hydrogen) atoms. The van der Waals surface area contributed by atoms with E-state index in [9.17, 15) is 9.59 Å². The van der Waals surface area contributed by atoms with Crippen molar-refractivity contribution in [3.8, 4) is 5.88 Å². The number of rotatable bonds is 5. The highest BCUT2D eigenvalue weighted by atomic mass is 16.5. The van der Waals surface area contributed by atoms with Crippen LogP contribution in [0.2, 0.25) is 0 Å². The first-order valence-corrected chi connectivity index (χ1v) is 4.75. The molecule has 0 N–H and O–H groups in total. The van der Waals surface area contributed by atoms with Gasteiger partial charge in [-0.25, -0.2) is 4.68 Å². The van der Waals surface area contributed by atoms with Gasteiger partial charge in [-0.2, -0.15) is 0 Å². The molecule has 5 nitrogen and oxygen atoms in total. The highest BCUT2D eigenvalue weighted by molar-refractivity contribution is 5.75. The van der Waals surface area contributed by atoms with Crippen LogP contribution in [0.1, 0.15) is 19.8 Å². The first-order chi connectivity index (χ1) is 7.13. The lowest BCUT2D eigenvalue weighted by Crippen LogP contribution is -2.22. The van der Waals surface area contributed by atoms with Crippen molar-refractivity contribution in [2.75, 3.05) is 7.11 Å². The summed E-state index contributed by atoms with van der Waals surface area (Å²) >= 11 is 0. The number of aryl methyl sites for hydroxylation is 1. The molecular weight excluding hydrogens is 196 g/mol. The second kappa shape index (κ2) is 5.29. The molecule has 1 aromatic heterocycles. The summed E-state index contributed by atoms with van der Waals surface area (Å²) in [6.45, 7) is 1.97. The number of ether oxygens (including phenoxy) is 1. The minimum atomic E-state index is -0.181. The van der Waals surface area contributed by atoms with Crippen LogP contribution >= 0.6 is 0 Å². The lowest BCUT2D eigenvalue weighted by molar-refractivity contribution is -0.117. The zero-order valence-electron chi connectivity index (χ0n) is 8.90. The zero-order chi connectivity index (χ0) is 11.3. The van der Waals surface area contributed by atoms with E-state index in [0.717, 1.165) is 0 Å². The largest absolute Gasteiger partial charge is 0.480 e. The van der Waals surface area contributed by atoms with Gasteiger partial charge in [-0.1, -0.05) is 0 Å². The van der Waals surface area contributed by atoms with E-state index in [2.05, 4.69) is 5.10 Å². The van der Waals surface area contributed by atoms with E-state index < -0.39 is 0 Å². The van der Waals surface area contributed by atoms with Gasteiger partial charge in [0.25, 0.3) is 5.56 Å². The van der Waals surface area contributed by atoms with E-state index in [4.69, 9.17) is 4.74 Å². The van der Waals surface area contributed by atoms with Gasteiger partial charge in [0.1, 0.15) is 5.78 Å². The van der Waals surface area contributed by atoms with Gasteiger partial charge in [0.15, 0.2) is 0 Å². The monoisotopic (exact) mass is 210 g/mol. The van der Waals surface area contributed by atoms with Crippen LogP contribution in [-0.4, -0.2) is 22.7 Å². The van der Waals surface area contributed by atoms with Crippen molar-refractivity contribution >= 4 is 5.78 Å². The van der Waals surface area contributed by atoms with Crippen molar-refractivity contribution in [3.05, 3.63) is 22.5 Å². The molecule has 0 amide bonds. The predicted molar refractivity (Wildman–Crippen MR) is 55.0 cm³/mol. The Kier molecular flexibility index (Phi) is 4.03. The number of hydrogen-bond acceptors (Lipinski definition) is 4. The molecule has 0 bridgehead atoms. The second-order valence-corrected chi connectivity index (χ2v) is 3.24. The molecule has 0 atom stereocenters. The Balaban J connectivity index is 2.67. The molecule has 0 aliphatic heterocycles. The van der Waals surface area contributed by atoms with Gasteiger partial charge < -0.3 is 9.53 Å². The van der Waals surface area contributed by atoms with E-state index in [1.165, 1.54) is 30.8 Å². The average Bonchev–Trinajstić information content (AvgIpc) is 2.20. The molecular formula is C10H14N2O3. The molecule has 0 unspecified atom stereocenters. The molecule has 0 spiro atoms. The number of methoxy groups -OCH3 is 1. The molecule has 1 heterocycles. The number of carbonyl (C=O) groups is 1. The molecule has 0 fully saturated rings. The van der Waals surface area contributed by atoms with E-state index in [1.54, 1.807) is 0 Å². The number of nitrogens with zero attached hydrogens (tertiary/aromatic N) is 2. The van der Waals surface area contributed by atoms with Crippen LogP contribution in [0.15, 0.2) is 16.9 Å². The Hall–Kier alpha value is -1.65. The van der Waals surface area contributed by atoms with Crippen molar-refractivity contribution in [3.63, 3.8) is 0 Å². The fraction of sp³-hybridized carbons (Fsp3) is 0.500. The Morgan fingerprint density at radius 3 is 2.87 bits per heavy atom. The normalized spacial score (nSPS) is 10.0. The van der Waals surface area contributed by atoms with Gasteiger partial charge in [0, 0.05) is 25.1 Å².